The Morgan fingerprint density at radius 2 is 1.96 bits per heavy atom. The Labute approximate surface area is 152 Å². The number of methoxy groups -OCH3 is 1. The van der Waals surface area contributed by atoms with Crippen LogP contribution >= 0.6 is 11.8 Å². The van der Waals surface area contributed by atoms with Crippen LogP contribution in [0.4, 0.5) is 0 Å². The fourth-order valence-corrected chi connectivity index (χ4v) is 5.34. The third-order valence-corrected chi connectivity index (χ3v) is 7.08. The summed E-state index contributed by atoms with van der Waals surface area (Å²) in [6.07, 6.45) is 3.84. The lowest BCUT2D eigenvalue weighted by Crippen LogP contribution is -2.53. The number of thioether (sulfide) groups is 1. The molecule has 134 valence electrons. The summed E-state index contributed by atoms with van der Waals surface area (Å²) in [6, 6.07) is 7.38. The molecule has 2 saturated heterocycles. The van der Waals surface area contributed by atoms with Gasteiger partial charge in [-0.1, -0.05) is 6.07 Å². The van der Waals surface area contributed by atoms with Crippen molar-refractivity contribution in [2.24, 2.45) is 5.92 Å². The van der Waals surface area contributed by atoms with E-state index in [0.29, 0.717) is 17.2 Å². The lowest BCUT2D eigenvalue weighted by molar-refractivity contribution is -0.134. The first kappa shape index (κ1) is 16.8. The highest BCUT2D eigenvalue weighted by Gasteiger charge is 2.48. The number of benzene rings is 1. The van der Waals surface area contributed by atoms with Gasteiger partial charge in [-0.2, -0.15) is 0 Å². The molecule has 3 aliphatic rings. The first-order valence-corrected chi connectivity index (χ1v) is 10.0. The number of ether oxygens (including phenoxy) is 1. The maximum atomic E-state index is 13.1. The molecule has 1 aromatic rings. The molecule has 4 rings (SSSR count). The van der Waals surface area contributed by atoms with E-state index in [-0.39, 0.29) is 16.7 Å². The number of likely N-dealkylation sites (tertiary alicyclic amines) is 1. The molecule has 0 bridgehead atoms. The van der Waals surface area contributed by atoms with Gasteiger partial charge in [-0.15, -0.1) is 11.8 Å². The van der Waals surface area contributed by atoms with Gasteiger partial charge in [0.2, 0.25) is 5.91 Å². The molecule has 2 heterocycles. The molecule has 2 amide bonds. The van der Waals surface area contributed by atoms with Gasteiger partial charge in [-0.05, 0) is 43.9 Å². The van der Waals surface area contributed by atoms with E-state index in [4.69, 9.17) is 4.74 Å². The molecule has 0 unspecified atom stereocenters. The zero-order chi connectivity index (χ0) is 17.4. The average Bonchev–Trinajstić information content (AvgIpc) is 3.43. The van der Waals surface area contributed by atoms with E-state index < -0.39 is 0 Å². The molecular weight excluding hydrogens is 336 g/mol. The summed E-state index contributed by atoms with van der Waals surface area (Å²) in [4.78, 5) is 29.3. The Balaban J connectivity index is 1.48. The number of piperidine rings is 1. The standard InChI is InChI=1S/C19H24N2O3S/c1-24-16-4-2-3-15(13-16)18(23)21-11-12-25-19(21)7-9-20(10-8-19)17(22)14-5-6-14/h2-4,13-14H,5-12H2,1H3. The van der Waals surface area contributed by atoms with Gasteiger partial charge in [0.1, 0.15) is 5.75 Å². The van der Waals surface area contributed by atoms with Crippen molar-refractivity contribution in [3.63, 3.8) is 0 Å². The minimum atomic E-state index is -0.152. The molecule has 2 aliphatic heterocycles. The van der Waals surface area contributed by atoms with E-state index in [9.17, 15) is 9.59 Å². The lowest BCUT2D eigenvalue weighted by Gasteiger charge is -2.44. The Morgan fingerprint density at radius 1 is 1.20 bits per heavy atom. The molecule has 1 aliphatic carbocycles. The number of carbonyl (C=O) groups is 2. The first-order valence-electron chi connectivity index (χ1n) is 9.02. The van der Waals surface area contributed by atoms with Crippen LogP contribution in [0.5, 0.6) is 5.75 Å². The smallest absolute Gasteiger partial charge is 0.255 e. The van der Waals surface area contributed by atoms with Crippen LogP contribution in [0.1, 0.15) is 36.0 Å². The highest BCUT2D eigenvalue weighted by atomic mass is 32.2. The molecular formula is C19H24N2O3S. The van der Waals surface area contributed by atoms with E-state index in [2.05, 4.69) is 0 Å². The molecule has 6 heteroatoms. The molecule has 0 atom stereocenters. The Hall–Kier alpha value is -1.69. The Morgan fingerprint density at radius 3 is 2.64 bits per heavy atom. The lowest BCUT2D eigenvalue weighted by atomic mass is 10.0. The van der Waals surface area contributed by atoms with Crippen LogP contribution in [0.25, 0.3) is 0 Å². The van der Waals surface area contributed by atoms with Gasteiger partial charge in [0.25, 0.3) is 5.91 Å². The van der Waals surface area contributed by atoms with Crippen molar-refractivity contribution in [3.05, 3.63) is 29.8 Å². The zero-order valence-corrected chi connectivity index (χ0v) is 15.4. The largest absolute Gasteiger partial charge is 0.497 e. The van der Waals surface area contributed by atoms with Crippen LogP contribution in [0.15, 0.2) is 24.3 Å². The summed E-state index contributed by atoms with van der Waals surface area (Å²) < 4.78 is 5.25. The quantitative estimate of drug-likeness (QED) is 0.831. The molecule has 0 radical (unpaired) electrons. The topological polar surface area (TPSA) is 49.9 Å². The molecule has 5 nitrogen and oxygen atoms in total. The van der Waals surface area contributed by atoms with Gasteiger partial charge >= 0.3 is 0 Å². The van der Waals surface area contributed by atoms with Gasteiger partial charge in [0, 0.05) is 36.9 Å². The molecule has 3 fully saturated rings. The van der Waals surface area contributed by atoms with Crippen molar-refractivity contribution in [1.82, 2.24) is 9.80 Å². The third kappa shape index (κ3) is 3.12. The predicted octanol–water partition coefficient (Wildman–Crippen LogP) is 2.61. The minimum Gasteiger partial charge on any atom is -0.497 e. The third-order valence-electron chi connectivity index (χ3n) is 5.52. The fraction of sp³-hybridized carbons (Fsp3) is 0.579. The Kier molecular flexibility index (Phi) is 4.40. The van der Waals surface area contributed by atoms with Crippen molar-refractivity contribution in [1.29, 1.82) is 0 Å². The fourth-order valence-electron chi connectivity index (χ4n) is 3.89. The average molecular weight is 360 g/mol. The Bertz CT molecular complexity index is 681. The summed E-state index contributed by atoms with van der Waals surface area (Å²) in [7, 11) is 1.61. The van der Waals surface area contributed by atoms with E-state index >= 15 is 0 Å². The van der Waals surface area contributed by atoms with Crippen molar-refractivity contribution < 1.29 is 14.3 Å². The first-order chi connectivity index (χ1) is 12.1. The number of rotatable bonds is 3. The molecule has 25 heavy (non-hydrogen) atoms. The second-order valence-electron chi connectivity index (χ2n) is 7.08. The van der Waals surface area contributed by atoms with Crippen LogP contribution in [0.3, 0.4) is 0 Å². The summed E-state index contributed by atoms with van der Waals surface area (Å²) >= 11 is 1.88. The van der Waals surface area contributed by atoms with Gasteiger partial charge in [-0.3, -0.25) is 9.59 Å². The number of hydrogen-bond donors (Lipinski definition) is 0. The van der Waals surface area contributed by atoms with Crippen LogP contribution < -0.4 is 4.74 Å². The van der Waals surface area contributed by atoms with Crippen LogP contribution in [0.2, 0.25) is 0 Å². The SMILES string of the molecule is COc1cccc(C(=O)N2CCSC23CCN(C(=O)C2CC2)CC3)c1. The number of amides is 2. The molecule has 1 saturated carbocycles. The summed E-state index contributed by atoms with van der Waals surface area (Å²) in [5.74, 6) is 2.34. The van der Waals surface area contributed by atoms with Crippen LogP contribution in [-0.4, -0.2) is 59.0 Å². The highest BCUT2D eigenvalue weighted by Crippen LogP contribution is 2.45. The van der Waals surface area contributed by atoms with Gasteiger partial charge in [-0.25, -0.2) is 0 Å². The van der Waals surface area contributed by atoms with Crippen LogP contribution in [0, 0.1) is 5.92 Å². The van der Waals surface area contributed by atoms with E-state index in [1.807, 2.05) is 45.8 Å². The molecule has 0 aromatic heterocycles. The maximum absolute atomic E-state index is 13.1. The van der Waals surface area contributed by atoms with Gasteiger partial charge < -0.3 is 14.5 Å². The zero-order valence-electron chi connectivity index (χ0n) is 14.6. The van der Waals surface area contributed by atoms with Crippen molar-refractivity contribution in [2.75, 3.05) is 32.5 Å². The van der Waals surface area contributed by atoms with E-state index in [0.717, 1.165) is 51.1 Å². The number of nitrogens with zero attached hydrogens (tertiary/aromatic N) is 2. The van der Waals surface area contributed by atoms with E-state index in [1.54, 1.807) is 7.11 Å². The highest BCUT2D eigenvalue weighted by molar-refractivity contribution is 8.00. The monoisotopic (exact) mass is 360 g/mol. The summed E-state index contributed by atoms with van der Waals surface area (Å²) in [6.45, 7) is 2.31. The second-order valence-corrected chi connectivity index (χ2v) is 8.54. The van der Waals surface area contributed by atoms with Crippen molar-refractivity contribution in [3.8, 4) is 5.75 Å². The number of carbonyl (C=O) groups excluding carboxylic acids is 2. The summed E-state index contributed by atoms with van der Waals surface area (Å²) in [5.41, 5.74) is 0.678. The second kappa shape index (κ2) is 6.56. The number of hydrogen-bond acceptors (Lipinski definition) is 4. The van der Waals surface area contributed by atoms with Crippen molar-refractivity contribution in [2.45, 2.75) is 30.6 Å². The molecule has 1 spiro atoms. The maximum Gasteiger partial charge on any atom is 0.255 e. The van der Waals surface area contributed by atoms with Crippen LogP contribution in [-0.2, 0) is 4.79 Å². The molecule has 1 aromatic carbocycles. The normalized spacial score (nSPS) is 22.3. The van der Waals surface area contributed by atoms with Gasteiger partial charge in [0.15, 0.2) is 0 Å². The van der Waals surface area contributed by atoms with Crippen molar-refractivity contribution >= 4 is 23.6 Å². The van der Waals surface area contributed by atoms with Gasteiger partial charge in [0.05, 0.1) is 12.0 Å². The molecule has 0 N–H and O–H groups in total. The minimum absolute atomic E-state index is 0.0749. The summed E-state index contributed by atoms with van der Waals surface area (Å²) in [5, 5.41) is 0. The van der Waals surface area contributed by atoms with E-state index in [1.165, 1.54) is 0 Å². The predicted molar refractivity (Wildman–Crippen MR) is 97.8 cm³/mol.